The van der Waals surface area contributed by atoms with Crippen molar-refractivity contribution in [1.82, 2.24) is 4.98 Å². The lowest BCUT2D eigenvalue weighted by Crippen LogP contribution is -2.06. The molecule has 2 rings (SSSR count). The van der Waals surface area contributed by atoms with E-state index in [1.807, 2.05) is 0 Å². The van der Waals surface area contributed by atoms with Crippen LogP contribution in [-0.4, -0.2) is 18.2 Å². The summed E-state index contributed by atoms with van der Waals surface area (Å²) in [6.07, 6.45) is 0.553. The van der Waals surface area contributed by atoms with Gasteiger partial charge in [-0.15, -0.1) is 0 Å². The maximum atomic E-state index is 12.6. The lowest BCUT2D eigenvalue weighted by atomic mass is 10.3. The van der Waals surface area contributed by atoms with Crippen LogP contribution < -0.4 is 5.73 Å². The first-order chi connectivity index (χ1) is 6.27. The first-order valence-electron chi connectivity index (χ1n) is 3.91. The van der Waals surface area contributed by atoms with Crippen LogP contribution in [0, 0.1) is 5.82 Å². The van der Waals surface area contributed by atoms with Gasteiger partial charge < -0.3 is 15.2 Å². The summed E-state index contributed by atoms with van der Waals surface area (Å²) in [5.41, 5.74) is 6.24. The maximum Gasteiger partial charge on any atom is 0.203 e. The average molecular weight is 184 g/mol. The van der Waals surface area contributed by atoms with Gasteiger partial charge in [0.25, 0.3) is 0 Å². The molecule has 0 aliphatic carbocycles. The van der Waals surface area contributed by atoms with Crippen LogP contribution in [-0.2, 0) is 9.47 Å². The molecule has 1 aliphatic rings. The number of halogens is 1. The average Bonchev–Trinajstić information content (AvgIpc) is 2.56. The van der Waals surface area contributed by atoms with Crippen molar-refractivity contribution >= 4 is 5.69 Å². The van der Waals surface area contributed by atoms with Gasteiger partial charge in [-0.25, -0.2) is 4.39 Å². The number of anilines is 1. The van der Waals surface area contributed by atoms with Crippen molar-refractivity contribution in [3.63, 3.8) is 0 Å². The molecule has 1 aromatic heterocycles. The zero-order valence-electron chi connectivity index (χ0n) is 6.87. The third-order valence-corrected chi connectivity index (χ3v) is 1.76. The molecular weight excluding hydrogens is 175 g/mol. The Morgan fingerprint density at radius 1 is 1.46 bits per heavy atom. The van der Waals surface area contributed by atoms with E-state index >= 15 is 0 Å². The highest BCUT2D eigenvalue weighted by Crippen LogP contribution is 2.25. The van der Waals surface area contributed by atoms with E-state index in [1.165, 1.54) is 6.07 Å². The van der Waals surface area contributed by atoms with Gasteiger partial charge in [0.15, 0.2) is 0 Å². The van der Waals surface area contributed by atoms with E-state index in [4.69, 9.17) is 15.2 Å². The molecule has 0 unspecified atom stereocenters. The standard InChI is InChI=1S/C8H9FN2O2/c9-5-3-6(10)7(11-4-5)8-12-1-2-13-8/h3-4,8H,1-2,10H2. The van der Waals surface area contributed by atoms with E-state index < -0.39 is 12.1 Å². The van der Waals surface area contributed by atoms with E-state index in [0.717, 1.165) is 6.20 Å². The van der Waals surface area contributed by atoms with E-state index in [-0.39, 0.29) is 5.69 Å². The first kappa shape index (κ1) is 8.40. The van der Waals surface area contributed by atoms with Crippen molar-refractivity contribution in [3.05, 3.63) is 23.8 Å². The molecule has 70 valence electrons. The van der Waals surface area contributed by atoms with Crippen molar-refractivity contribution in [3.8, 4) is 0 Å². The van der Waals surface area contributed by atoms with Crippen molar-refractivity contribution in [2.75, 3.05) is 18.9 Å². The van der Waals surface area contributed by atoms with Gasteiger partial charge in [0, 0.05) is 6.07 Å². The second kappa shape index (κ2) is 3.27. The number of nitrogen functional groups attached to an aromatic ring is 1. The van der Waals surface area contributed by atoms with Gasteiger partial charge in [0.2, 0.25) is 6.29 Å². The molecule has 0 aromatic carbocycles. The first-order valence-corrected chi connectivity index (χ1v) is 3.91. The molecule has 0 amide bonds. The zero-order chi connectivity index (χ0) is 9.26. The molecule has 1 fully saturated rings. The summed E-state index contributed by atoms with van der Waals surface area (Å²) >= 11 is 0. The van der Waals surface area contributed by atoms with Gasteiger partial charge in [-0.3, -0.25) is 4.98 Å². The van der Waals surface area contributed by atoms with Gasteiger partial charge in [-0.1, -0.05) is 0 Å². The third-order valence-electron chi connectivity index (χ3n) is 1.76. The van der Waals surface area contributed by atoms with Crippen LogP contribution in [0.15, 0.2) is 12.3 Å². The van der Waals surface area contributed by atoms with Crippen LogP contribution in [0.1, 0.15) is 12.0 Å². The van der Waals surface area contributed by atoms with Crippen LogP contribution >= 0.6 is 0 Å². The highest BCUT2D eigenvalue weighted by molar-refractivity contribution is 5.43. The summed E-state index contributed by atoms with van der Waals surface area (Å²) in [4.78, 5) is 3.81. The molecule has 0 saturated carbocycles. The number of pyridine rings is 1. The number of aromatic nitrogens is 1. The molecule has 2 N–H and O–H groups in total. The van der Waals surface area contributed by atoms with E-state index in [1.54, 1.807) is 0 Å². The summed E-state index contributed by atoms with van der Waals surface area (Å²) in [7, 11) is 0. The van der Waals surface area contributed by atoms with E-state index in [0.29, 0.717) is 18.9 Å². The fraction of sp³-hybridized carbons (Fsp3) is 0.375. The van der Waals surface area contributed by atoms with Gasteiger partial charge in [-0.05, 0) is 0 Å². The molecule has 0 radical (unpaired) electrons. The van der Waals surface area contributed by atoms with Crippen LogP contribution in [0.5, 0.6) is 0 Å². The second-order valence-corrected chi connectivity index (χ2v) is 2.70. The Labute approximate surface area is 74.5 Å². The molecule has 1 saturated heterocycles. The molecule has 1 aliphatic heterocycles. The predicted octanol–water partition coefficient (Wildman–Crippen LogP) is 0.848. The molecule has 1 aromatic rings. The smallest absolute Gasteiger partial charge is 0.203 e. The Morgan fingerprint density at radius 3 is 2.77 bits per heavy atom. The minimum absolute atomic E-state index is 0.256. The van der Waals surface area contributed by atoms with Crippen LogP contribution in [0.4, 0.5) is 10.1 Å². The number of hydrogen-bond donors (Lipinski definition) is 1. The minimum Gasteiger partial charge on any atom is -0.397 e. The molecule has 0 spiro atoms. The normalized spacial score (nSPS) is 17.9. The van der Waals surface area contributed by atoms with Gasteiger partial charge in [0.05, 0.1) is 25.1 Å². The van der Waals surface area contributed by atoms with Crippen LogP contribution in [0.25, 0.3) is 0 Å². The number of hydrogen-bond acceptors (Lipinski definition) is 4. The van der Waals surface area contributed by atoms with E-state index in [9.17, 15) is 4.39 Å². The highest BCUT2D eigenvalue weighted by Gasteiger charge is 2.22. The SMILES string of the molecule is Nc1cc(F)cnc1C1OCCO1. The van der Waals surface area contributed by atoms with Gasteiger partial charge in [0.1, 0.15) is 11.5 Å². The molecule has 13 heavy (non-hydrogen) atoms. The van der Waals surface area contributed by atoms with E-state index in [2.05, 4.69) is 4.98 Å². The Bertz CT molecular complexity index is 313. The fourth-order valence-corrected chi connectivity index (χ4v) is 1.18. The minimum atomic E-state index is -0.541. The molecular formula is C8H9FN2O2. The van der Waals surface area contributed by atoms with Crippen molar-refractivity contribution in [1.29, 1.82) is 0 Å². The van der Waals surface area contributed by atoms with Gasteiger partial charge >= 0.3 is 0 Å². The fourth-order valence-electron chi connectivity index (χ4n) is 1.18. The largest absolute Gasteiger partial charge is 0.397 e. The number of rotatable bonds is 1. The van der Waals surface area contributed by atoms with Crippen molar-refractivity contribution in [2.45, 2.75) is 6.29 Å². The molecule has 4 nitrogen and oxygen atoms in total. The van der Waals surface area contributed by atoms with Crippen molar-refractivity contribution < 1.29 is 13.9 Å². The number of ether oxygens (including phenoxy) is 2. The zero-order valence-corrected chi connectivity index (χ0v) is 6.87. The Morgan fingerprint density at radius 2 is 2.15 bits per heavy atom. The van der Waals surface area contributed by atoms with Crippen molar-refractivity contribution in [2.24, 2.45) is 0 Å². The quantitative estimate of drug-likeness (QED) is 0.702. The monoisotopic (exact) mass is 184 g/mol. The molecule has 0 atom stereocenters. The molecule has 0 bridgehead atoms. The van der Waals surface area contributed by atoms with Crippen LogP contribution in [0.3, 0.4) is 0 Å². The Hall–Kier alpha value is -1.20. The molecule has 5 heteroatoms. The third kappa shape index (κ3) is 1.61. The van der Waals surface area contributed by atoms with Crippen LogP contribution in [0.2, 0.25) is 0 Å². The predicted molar refractivity (Wildman–Crippen MR) is 43.3 cm³/mol. The lowest BCUT2D eigenvalue weighted by molar-refractivity contribution is -0.0467. The topological polar surface area (TPSA) is 57.4 Å². The lowest BCUT2D eigenvalue weighted by Gasteiger charge is -2.10. The number of nitrogens with zero attached hydrogens (tertiary/aromatic N) is 1. The summed E-state index contributed by atoms with van der Waals surface area (Å²) in [5, 5.41) is 0. The Kier molecular flexibility index (Phi) is 2.12. The summed E-state index contributed by atoms with van der Waals surface area (Å²) in [6, 6.07) is 1.20. The van der Waals surface area contributed by atoms with Gasteiger partial charge in [-0.2, -0.15) is 0 Å². The Balaban J connectivity index is 2.29. The summed E-state index contributed by atoms with van der Waals surface area (Å²) in [6.45, 7) is 1.03. The second-order valence-electron chi connectivity index (χ2n) is 2.70. The number of nitrogens with two attached hydrogens (primary N) is 1. The summed E-state index contributed by atoms with van der Waals surface area (Å²) < 4.78 is 23.0. The maximum absolute atomic E-state index is 12.6. The highest BCUT2D eigenvalue weighted by atomic mass is 19.1. The molecule has 2 heterocycles. The summed E-state index contributed by atoms with van der Waals surface area (Å²) in [5.74, 6) is -0.459.